The molecule has 0 aromatic rings. The molecule has 3 N–H and O–H groups in total. The second kappa shape index (κ2) is 6.64. The van der Waals surface area contributed by atoms with E-state index in [4.69, 9.17) is 9.57 Å². The van der Waals surface area contributed by atoms with Gasteiger partial charge in [-0.1, -0.05) is 6.08 Å². The Morgan fingerprint density at radius 3 is 3.12 bits per heavy atom. The van der Waals surface area contributed by atoms with Crippen molar-refractivity contribution in [2.45, 2.75) is 38.4 Å². The van der Waals surface area contributed by atoms with E-state index >= 15 is 0 Å². The van der Waals surface area contributed by atoms with E-state index in [1.54, 1.807) is 0 Å². The van der Waals surface area contributed by atoms with Gasteiger partial charge in [-0.25, -0.2) is 0 Å². The maximum atomic E-state index is 5.45. The van der Waals surface area contributed by atoms with Crippen molar-refractivity contribution in [2.24, 2.45) is 0 Å². The average molecular weight is 239 g/mol. The van der Waals surface area contributed by atoms with Gasteiger partial charge >= 0.3 is 0 Å². The van der Waals surface area contributed by atoms with Gasteiger partial charge in [0.1, 0.15) is 0 Å². The Labute approximate surface area is 102 Å². The van der Waals surface area contributed by atoms with Gasteiger partial charge in [-0.15, -0.1) is 5.59 Å². The Morgan fingerprint density at radius 1 is 1.41 bits per heavy atom. The first kappa shape index (κ1) is 12.4. The van der Waals surface area contributed by atoms with Gasteiger partial charge in [0.2, 0.25) is 0 Å². The van der Waals surface area contributed by atoms with Crippen LogP contribution in [0.25, 0.3) is 0 Å². The zero-order chi connectivity index (χ0) is 11.9. The molecule has 1 aliphatic heterocycles. The zero-order valence-corrected chi connectivity index (χ0v) is 10.3. The fourth-order valence-corrected chi connectivity index (χ4v) is 1.99. The third kappa shape index (κ3) is 3.73. The molecule has 0 bridgehead atoms. The lowest BCUT2D eigenvalue weighted by Crippen LogP contribution is -2.38. The lowest BCUT2D eigenvalue weighted by molar-refractivity contribution is -0.204. The first-order valence-electron chi connectivity index (χ1n) is 6.26. The van der Waals surface area contributed by atoms with Crippen molar-refractivity contribution in [3.8, 4) is 0 Å². The van der Waals surface area contributed by atoms with E-state index in [2.05, 4.69) is 28.5 Å². The highest BCUT2D eigenvalue weighted by Gasteiger charge is 2.14. The van der Waals surface area contributed by atoms with Crippen molar-refractivity contribution < 1.29 is 9.57 Å². The summed E-state index contributed by atoms with van der Waals surface area (Å²) in [6.45, 7) is 0.791. The molecule has 0 saturated carbocycles. The van der Waals surface area contributed by atoms with Crippen molar-refractivity contribution in [1.82, 2.24) is 16.3 Å². The van der Waals surface area contributed by atoms with Gasteiger partial charge in [0.05, 0.1) is 11.4 Å². The summed E-state index contributed by atoms with van der Waals surface area (Å²) in [4.78, 5) is 5.41. The molecule has 1 fully saturated rings. The highest BCUT2D eigenvalue weighted by Crippen LogP contribution is 2.14. The summed E-state index contributed by atoms with van der Waals surface area (Å²) < 4.78 is 5.45. The lowest BCUT2D eigenvalue weighted by Gasteiger charge is -2.24. The molecule has 5 heteroatoms. The first-order valence-corrected chi connectivity index (χ1v) is 6.26. The average Bonchev–Trinajstić information content (AvgIpc) is 2.40. The van der Waals surface area contributed by atoms with E-state index < -0.39 is 0 Å². The summed E-state index contributed by atoms with van der Waals surface area (Å²) in [6.07, 6.45) is 9.38. The minimum atomic E-state index is -0.131. The minimum absolute atomic E-state index is 0.131. The molecule has 0 radical (unpaired) electrons. The highest BCUT2D eigenvalue weighted by atomic mass is 16.8. The predicted octanol–water partition coefficient (Wildman–Crippen LogP) is 1.32. The van der Waals surface area contributed by atoms with E-state index in [0.29, 0.717) is 0 Å². The van der Waals surface area contributed by atoms with E-state index in [-0.39, 0.29) is 6.29 Å². The number of rotatable bonds is 5. The number of allylic oxidation sites excluding steroid dienone is 3. The normalized spacial score (nSPS) is 24.9. The van der Waals surface area contributed by atoms with Gasteiger partial charge in [0.25, 0.3) is 0 Å². The second-order valence-corrected chi connectivity index (χ2v) is 4.22. The third-order valence-corrected chi connectivity index (χ3v) is 2.97. The van der Waals surface area contributed by atoms with E-state index in [1.165, 1.54) is 6.42 Å². The summed E-state index contributed by atoms with van der Waals surface area (Å²) in [5, 5.41) is 3.15. The van der Waals surface area contributed by atoms with Gasteiger partial charge < -0.3 is 15.5 Å². The molecule has 1 saturated heterocycles. The number of hydrogen-bond donors (Lipinski definition) is 3. The van der Waals surface area contributed by atoms with Gasteiger partial charge in [-0.05, 0) is 31.8 Å². The van der Waals surface area contributed by atoms with Crippen molar-refractivity contribution in [3.05, 3.63) is 23.5 Å². The van der Waals surface area contributed by atoms with Crippen LogP contribution in [0.4, 0.5) is 0 Å². The van der Waals surface area contributed by atoms with Crippen molar-refractivity contribution in [3.63, 3.8) is 0 Å². The molecule has 2 rings (SSSR count). The number of ether oxygens (including phenoxy) is 1. The van der Waals surface area contributed by atoms with Crippen LogP contribution < -0.4 is 16.3 Å². The Kier molecular flexibility index (Phi) is 4.85. The van der Waals surface area contributed by atoms with Crippen LogP contribution in [0.3, 0.4) is 0 Å². The SMILES string of the molecule is CNC1=C(NNOC2CCCCO2)CCC=C1. The monoisotopic (exact) mass is 239 g/mol. The Bertz CT molecular complexity index is 296. The first-order chi connectivity index (χ1) is 8.40. The molecule has 0 amide bonds. The molecule has 1 unspecified atom stereocenters. The molecule has 1 aliphatic carbocycles. The van der Waals surface area contributed by atoms with Gasteiger partial charge in [-0.2, -0.15) is 0 Å². The molecule has 17 heavy (non-hydrogen) atoms. The lowest BCUT2D eigenvalue weighted by atomic mass is 10.1. The van der Waals surface area contributed by atoms with Crippen LogP contribution >= 0.6 is 0 Å². The zero-order valence-electron chi connectivity index (χ0n) is 10.3. The molecule has 2 aliphatic rings. The molecule has 0 spiro atoms. The van der Waals surface area contributed by atoms with Crippen molar-refractivity contribution >= 4 is 0 Å². The minimum Gasteiger partial charge on any atom is -0.387 e. The largest absolute Gasteiger partial charge is 0.387 e. The smallest absolute Gasteiger partial charge is 0.179 e. The van der Waals surface area contributed by atoms with Crippen molar-refractivity contribution in [1.29, 1.82) is 0 Å². The summed E-state index contributed by atoms with van der Waals surface area (Å²) in [6, 6.07) is 0. The van der Waals surface area contributed by atoms with Crippen molar-refractivity contribution in [2.75, 3.05) is 13.7 Å². The molecule has 1 heterocycles. The molecule has 1 atom stereocenters. The maximum Gasteiger partial charge on any atom is 0.179 e. The Hall–Kier alpha value is -1.04. The molecular weight excluding hydrogens is 218 g/mol. The Morgan fingerprint density at radius 2 is 2.35 bits per heavy atom. The summed E-state index contributed by atoms with van der Waals surface area (Å²) in [5.41, 5.74) is 8.08. The molecule has 0 aromatic carbocycles. The third-order valence-electron chi connectivity index (χ3n) is 2.97. The Balaban J connectivity index is 1.73. The van der Waals surface area contributed by atoms with Crippen LogP contribution in [-0.4, -0.2) is 19.9 Å². The van der Waals surface area contributed by atoms with Crippen LogP contribution in [0.5, 0.6) is 0 Å². The van der Waals surface area contributed by atoms with E-state index in [9.17, 15) is 0 Å². The van der Waals surface area contributed by atoms with Crippen LogP contribution in [0.15, 0.2) is 23.5 Å². The quantitative estimate of drug-likeness (QED) is 0.632. The molecular formula is C12H21N3O2. The van der Waals surface area contributed by atoms with Gasteiger partial charge in [-0.3, -0.25) is 4.84 Å². The topological polar surface area (TPSA) is 54.5 Å². The number of likely N-dealkylation sites (N-methyl/N-ethyl adjacent to an activating group) is 1. The summed E-state index contributed by atoms with van der Waals surface area (Å²) in [7, 11) is 1.91. The molecule has 96 valence electrons. The standard InChI is InChI=1S/C12H21N3O2/c1-13-10-6-2-3-7-11(10)14-15-17-12-8-4-5-9-16-12/h2,6,12-15H,3-5,7-9H2,1H3. The fourth-order valence-electron chi connectivity index (χ4n) is 1.99. The van der Waals surface area contributed by atoms with Crippen LogP contribution in [-0.2, 0) is 9.57 Å². The number of nitrogens with one attached hydrogen (secondary N) is 3. The molecule has 5 nitrogen and oxygen atoms in total. The highest BCUT2D eigenvalue weighted by molar-refractivity contribution is 5.26. The van der Waals surface area contributed by atoms with E-state index in [1.807, 2.05) is 7.05 Å². The molecule has 0 aromatic heterocycles. The van der Waals surface area contributed by atoms with E-state index in [0.717, 1.165) is 43.7 Å². The van der Waals surface area contributed by atoms with Gasteiger partial charge in [0.15, 0.2) is 6.29 Å². The predicted molar refractivity (Wildman–Crippen MR) is 65.4 cm³/mol. The number of hydrogen-bond acceptors (Lipinski definition) is 5. The van der Waals surface area contributed by atoms with Crippen LogP contribution in [0.2, 0.25) is 0 Å². The van der Waals surface area contributed by atoms with Crippen LogP contribution in [0, 0.1) is 0 Å². The maximum absolute atomic E-state index is 5.45. The second-order valence-electron chi connectivity index (χ2n) is 4.22. The van der Waals surface area contributed by atoms with Gasteiger partial charge in [0, 0.05) is 20.1 Å². The number of hydrazine groups is 1. The van der Waals surface area contributed by atoms with Crippen LogP contribution in [0.1, 0.15) is 32.1 Å². The summed E-state index contributed by atoms with van der Waals surface area (Å²) in [5.74, 6) is 0. The fraction of sp³-hybridized carbons (Fsp3) is 0.667. The summed E-state index contributed by atoms with van der Waals surface area (Å²) >= 11 is 0.